The van der Waals surface area contributed by atoms with Crippen molar-refractivity contribution in [2.24, 2.45) is 0 Å². The molecule has 110 valence electrons. The Bertz CT molecular complexity index is 427. The number of benzene rings is 1. The summed E-state index contributed by atoms with van der Waals surface area (Å²) in [5.74, 6) is 0.921. The van der Waals surface area contributed by atoms with Crippen LogP contribution in [0.2, 0.25) is 0 Å². The molecule has 1 saturated heterocycles. The van der Waals surface area contributed by atoms with Crippen LogP contribution in [0.25, 0.3) is 0 Å². The zero-order chi connectivity index (χ0) is 14.6. The molecule has 1 aromatic rings. The van der Waals surface area contributed by atoms with Gasteiger partial charge in [-0.15, -0.1) is 6.58 Å². The van der Waals surface area contributed by atoms with Crippen LogP contribution in [0.4, 0.5) is 0 Å². The second-order valence-corrected chi connectivity index (χ2v) is 6.25. The van der Waals surface area contributed by atoms with Crippen molar-refractivity contribution in [1.82, 2.24) is 10.2 Å². The third-order valence-corrected chi connectivity index (χ3v) is 3.41. The van der Waals surface area contributed by atoms with E-state index in [4.69, 9.17) is 4.74 Å². The zero-order valence-corrected chi connectivity index (χ0v) is 12.9. The van der Waals surface area contributed by atoms with E-state index in [1.807, 2.05) is 6.08 Å². The molecule has 1 aliphatic heterocycles. The Balaban J connectivity index is 2.08. The van der Waals surface area contributed by atoms with Gasteiger partial charge in [0, 0.05) is 26.2 Å². The summed E-state index contributed by atoms with van der Waals surface area (Å²) < 4.78 is 5.87. The molecule has 3 heteroatoms. The van der Waals surface area contributed by atoms with Crippen LogP contribution in [-0.4, -0.2) is 36.7 Å². The molecule has 0 bridgehead atoms. The highest BCUT2D eigenvalue weighted by molar-refractivity contribution is 5.31. The fraction of sp³-hybridized carbons (Fsp3) is 0.529. The molecular weight excluding hydrogens is 248 g/mol. The smallest absolute Gasteiger partial charge is 0.120 e. The van der Waals surface area contributed by atoms with Crippen LogP contribution in [0.15, 0.2) is 36.9 Å². The Morgan fingerprint density at radius 3 is 2.30 bits per heavy atom. The van der Waals surface area contributed by atoms with Crippen LogP contribution >= 0.6 is 0 Å². The van der Waals surface area contributed by atoms with Crippen LogP contribution in [0.5, 0.6) is 5.75 Å². The summed E-state index contributed by atoms with van der Waals surface area (Å²) in [7, 11) is 0. The summed E-state index contributed by atoms with van der Waals surface area (Å²) in [4.78, 5) is 2.46. The molecule has 0 radical (unpaired) electrons. The van der Waals surface area contributed by atoms with Crippen molar-refractivity contribution in [2.75, 3.05) is 26.2 Å². The summed E-state index contributed by atoms with van der Waals surface area (Å²) in [6, 6.07) is 8.70. The van der Waals surface area contributed by atoms with Crippen molar-refractivity contribution in [2.45, 2.75) is 32.4 Å². The Kier molecular flexibility index (Phi) is 4.84. The fourth-order valence-corrected chi connectivity index (χ4v) is 2.54. The number of hydrogen-bond acceptors (Lipinski definition) is 3. The highest BCUT2D eigenvalue weighted by Crippen LogP contribution is 2.25. The van der Waals surface area contributed by atoms with E-state index in [2.05, 4.69) is 61.8 Å². The number of hydrogen-bond donors (Lipinski definition) is 1. The zero-order valence-electron chi connectivity index (χ0n) is 12.9. The fourth-order valence-electron chi connectivity index (χ4n) is 2.54. The molecule has 0 aliphatic carbocycles. The Morgan fingerprint density at radius 2 is 1.80 bits per heavy atom. The number of nitrogens with zero attached hydrogens (tertiary/aromatic N) is 1. The van der Waals surface area contributed by atoms with E-state index >= 15 is 0 Å². The minimum absolute atomic E-state index is 0.155. The SMILES string of the molecule is C=C[C@H](c1ccc(OC(C)(C)C)cc1)N1CCNCC1. The Hall–Kier alpha value is -1.32. The molecule has 1 aromatic carbocycles. The number of rotatable bonds is 4. The number of nitrogens with one attached hydrogen (secondary N) is 1. The summed E-state index contributed by atoms with van der Waals surface area (Å²) in [5, 5.41) is 3.38. The molecule has 0 spiro atoms. The lowest BCUT2D eigenvalue weighted by molar-refractivity contribution is 0.131. The maximum atomic E-state index is 5.87. The first-order valence-corrected chi connectivity index (χ1v) is 7.36. The molecule has 2 rings (SSSR count). The largest absolute Gasteiger partial charge is 0.488 e. The van der Waals surface area contributed by atoms with Crippen molar-refractivity contribution in [3.63, 3.8) is 0 Å². The Morgan fingerprint density at radius 1 is 1.20 bits per heavy atom. The highest BCUT2D eigenvalue weighted by atomic mass is 16.5. The standard InChI is InChI=1S/C17H26N2O/c1-5-16(19-12-10-18-11-13-19)14-6-8-15(9-7-14)20-17(2,3)4/h5-9,16,18H,1,10-13H2,2-4H3/t16-/m1/s1. The maximum Gasteiger partial charge on any atom is 0.120 e. The van der Waals surface area contributed by atoms with Gasteiger partial charge < -0.3 is 10.1 Å². The highest BCUT2D eigenvalue weighted by Gasteiger charge is 2.19. The van der Waals surface area contributed by atoms with Crippen LogP contribution in [0.1, 0.15) is 32.4 Å². The topological polar surface area (TPSA) is 24.5 Å². The van der Waals surface area contributed by atoms with Crippen LogP contribution in [0.3, 0.4) is 0 Å². The van der Waals surface area contributed by atoms with Crippen LogP contribution in [-0.2, 0) is 0 Å². The first-order valence-electron chi connectivity index (χ1n) is 7.36. The summed E-state index contributed by atoms with van der Waals surface area (Å²) >= 11 is 0. The second kappa shape index (κ2) is 6.42. The van der Waals surface area contributed by atoms with E-state index in [1.54, 1.807) is 0 Å². The van der Waals surface area contributed by atoms with Crippen molar-refractivity contribution in [1.29, 1.82) is 0 Å². The predicted octanol–water partition coefficient (Wildman–Crippen LogP) is 3.00. The van der Waals surface area contributed by atoms with Gasteiger partial charge in [0.05, 0.1) is 6.04 Å². The molecule has 1 fully saturated rings. The summed E-state index contributed by atoms with van der Waals surface area (Å²) in [6.07, 6.45) is 2.03. The quantitative estimate of drug-likeness (QED) is 0.854. The van der Waals surface area contributed by atoms with E-state index in [0.29, 0.717) is 6.04 Å². The molecule has 0 amide bonds. The van der Waals surface area contributed by atoms with E-state index in [-0.39, 0.29) is 5.60 Å². The lowest BCUT2D eigenvalue weighted by Gasteiger charge is -2.33. The average molecular weight is 274 g/mol. The van der Waals surface area contributed by atoms with Gasteiger partial charge in [-0.2, -0.15) is 0 Å². The Labute approximate surface area is 122 Å². The molecule has 1 atom stereocenters. The van der Waals surface area contributed by atoms with Gasteiger partial charge in [0.25, 0.3) is 0 Å². The minimum atomic E-state index is -0.155. The maximum absolute atomic E-state index is 5.87. The molecule has 0 unspecified atom stereocenters. The van der Waals surface area contributed by atoms with Gasteiger partial charge in [0.2, 0.25) is 0 Å². The van der Waals surface area contributed by atoms with E-state index in [1.165, 1.54) is 5.56 Å². The van der Waals surface area contributed by atoms with Crippen molar-refractivity contribution >= 4 is 0 Å². The van der Waals surface area contributed by atoms with Gasteiger partial charge in [0.1, 0.15) is 11.4 Å². The third kappa shape index (κ3) is 4.09. The lowest BCUT2D eigenvalue weighted by Crippen LogP contribution is -2.44. The van der Waals surface area contributed by atoms with Gasteiger partial charge in [-0.25, -0.2) is 0 Å². The van der Waals surface area contributed by atoms with Crippen molar-refractivity contribution < 1.29 is 4.74 Å². The van der Waals surface area contributed by atoms with Gasteiger partial charge >= 0.3 is 0 Å². The summed E-state index contributed by atoms with van der Waals surface area (Å²) in [5.41, 5.74) is 1.13. The van der Waals surface area contributed by atoms with Crippen molar-refractivity contribution in [3.8, 4) is 5.75 Å². The molecule has 0 saturated carbocycles. The van der Waals surface area contributed by atoms with Gasteiger partial charge in [0.15, 0.2) is 0 Å². The first kappa shape index (κ1) is 15.1. The second-order valence-electron chi connectivity index (χ2n) is 6.25. The third-order valence-electron chi connectivity index (χ3n) is 3.41. The first-order chi connectivity index (χ1) is 9.49. The monoisotopic (exact) mass is 274 g/mol. The van der Waals surface area contributed by atoms with E-state index < -0.39 is 0 Å². The average Bonchev–Trinajstić information content (AvgIpc) is 2.41. The van der Waals surface area contributed by atoms with Gasteiger partial charge in [-0.05, 0) is 38.5 Å². The molecule has 20 heavy (non-hydrogen) atoms. The predicted molar refractivity (Wildman–Crippen MR) is 84.2 cm³/mol. The van der Waals surface area contributed by atoms with Crippen LogP contribution in [0, 0.1) is 0 Å². The molecule has 1 N–H and O–H groups in total. The molecule has 1 heterocycles. The number of ether oxygens (including phenoxy) is 1. The van der Waals surface area contributed by atoms with E-state index in [0.717, 1.165) is 31.9 Å². The molecule has 0 aromatic heterocycles. The van der Waals surface area contributed by atoms with E-state index in [9.17, 15) is 0 Å². The molecule has 1 aliphatic rings. The van der Waals surface area contributed by atoms with Crippen LogP contribution < -0.4 is 10.1 Å². The summed E-state index contributed by atoms with van der Waals surface area (Å²) in [6.45, 7) is 14.4. The van der Waals surface area contributed by atoms with Gasteiger partial charge in [-0.1, -0.05) is 18.2 Å². The lowest BCUT2D eigenvalue weighted by atomic mass is 10.0. The molecule has 3 nitrogen and oxygen atoms in total. The minimum Gasteiger partial charge on any atom is -0.488 e. The molecular formula is C17H26N2O. The van der Waals surface area contributed by atoms with Gasteiger partial charge in [-0.3, -0.25) is 4.90 Å². The van der Waals surface area contributed by atoms with Crippen molar-refractivity contribution in [3.05, 3.63) is 42.5 Å². The number of piperazine rings is 1. The normalized spacial score (nSPS) is 18.6.